The van der Waals surface area contributed by atoms with Crippen molar-refractivity contribution in [1.29, 1.82) is 0 Å². The number of carbonyl (C=O) groups is 2. The zero-order chi connectivity index (χ0) is 12.4. The van der Waals surface area contributed by atoms with Gasteiger partial charge in [-0.2, -0.15) is 0 Å². The molecule has 0 saturated carbocycles. The molecule has 2 aromatic carbocycles. The second-order valence-electron chi connectivity index (χ2n) is 4.14. The maximum absolute atomic E-state index is 10.9. The first-order chi connectivity index (χ1) is 8.15. The highest BCUT2D eigenvalue weighted by Crippen LogP contribution is 2.23. The maximum Gasteiger partial charge on any atom is 0.150 e. The van der Waals surface area contributed by atoms with Crippen molar-refractivity contribution < 1.29 is 9.59 Å². The highest BCUT2D eigenvalue weighted by molar-refractivity contribution is 5.99. The summed E-state index contributed by atoms with van der Waals surface area (Å²) in [5.74, 6) is 0. The van der Waals surface area contributed by atoms with Crippen LogP contribution < -0.4 is 4.90 Å². The Labute approximate surface area is 99.7 Å². The molecule has 0 aliphatic rings. The Morgan fingerprint density at radius 1 is 0.882 bits per heavy atom. The van der Waals surface area contributed by atoms with Crippen molar-refractivity contribution in [2.75, 3.05) is 19.0 Å². The summed E-state index contributed by atoms with van der Waals surface area (Å²) in [6.45, 7) is 0. The summed E-state index contributed by atoms with van der Waals surface area (Å²) >= 11 is 0. The maximum atomic E-state index is 10.9. The van der Waals surface area contributed by atoms with Crippen molar-refractivity contribution in [3.8, 4) is 0 Å². The summed E-state index contributed by atoms with van der Waals surface area (Å²) in [6.07, 6.45) is 1.43. The van der Waals surface area contributed by atoms with Crippen LogP contribution in [0.3, 0.4) is 0 Å². The molecule has 0 spiro atoms. The minimum absolute atomic E-state index is 0.434. The number of anilines is 1. The van der Waals surface area contributed by atoms with Gasteiger partial charge in [-0.1, -0.05) is 6.07 Å². The molecule has 0 bridgehead atoms. The van der Waals surface area contributed by atoms with Crippen molar-refractivity contribution in [3.63, 3.8) is 0 Å². The van der Waals surface area contributed by atoms with E-state index in [1.165, 1.54) is 0 Å². The first-order valence-corrected chi connectivity index (χ1v) is 5.31. The van der Waals surface area contributed by atoms with Crippen LogP contribution >= 0.6 is 0 Å². The number of hydrogen-bond donors (Lipinski definition) is 0. The molecule has 0 unspecified atom stereocenters. The van der Waals surface area contributed by atoms with Crippen LogP contribution in [0.2, 0.25) is 0 Å². The van der Waals surface area contributed by atoms with Crippen molar-refractivity contribution in [1.82, 2.24) is 0 Å². The molecule has 2 rings (SSSR count). The number of nitrogens with zero attached hydrogens (tertiary/aromatic N) is 1. The summed E-state index contributed by atoms with van der Waals surface area (Å²) in [7, 11) is 3.92. The fourth-order valence-corrected chi connectivity index (χ4v) is 1.80. The summed E-state index contributed by atoms with van der Waals surface area (Å²) in [5, 5.41) is 1.92. The third-order valence-electron chi connectivity index (χ3n) is 2.80. The zero-order valence-electron chi connectivity index (χ0n) is 9.81. The van der Waals surface area contributed by atoms with Crippen molar-refractivity contribution in [2.24, 2.45) is 0 Å². The largest absolute Gasteiger partial charge is 0.378 e. The van der Waals surface area contributed by atoms with Crippen molar-refractivity contribution in [2.45, 2.75) is 0 Å². The topological polar surface area (TPSA) is 37.4 Å². The van der Waals surface area contributed by atoms with Crippen LogP contribution in [0.15, 0.2) is 30.3 Å². The van der Waals surface area contributed by atoms with Crippen LogP contribution in [0.25, 0.3) is 10.8 Å². The van der Waals surface area contributed by atoms with E-state index in [1.54, 1.807) is 12.1 Å². The van der Waals surface area contributed by atoms with E-state index in [0.717, 1.165) is 16.5 Å². The van der Waals surface area contributed by atoms with Gasteiger partial charge in [0.2, 0.25) is 0 Å². The van der Waals surface area contributed by atoms with Gasteiger partial charge in [0.05, 0.1) is 0 Å². The number of fused-ring (bicyclic) bond motifs is 1. The molecular formula is C14H13NO2. The molecule has 0 radical (unpaired) electrons. The molecule has 86 valence electrons. The highest BCUT2D eigenvalue weighted by Gasteiger charge is 2.05. The van der Waals surface area contributed by atoms with Gasteiger partial charge in [0.15, 0.2) is 12.6 Å². The fourth-order valence-electron chi connectivity index (χ4n) is 1.80. The first-order valence-electron chi connectivity index (χ1n) is 5.31. The van der Waals surface area contributed by atoms with E-state index in [9.17, 15) is 9.59 Å². The van der Waals surface area contributed by atoms with E-state index >= 15 is 0 Å². The molecule has 0 amide bonds. The van der Waals surface area contributed by atoms with Gasteiger partial charge in [0.25, 0.3) is 0 Å². The van der Waals surface area contributed by atoms with Gasteiger partial charge in [-0.05, 0) is 35.0 Å². The van der Waals surface area contributed by atoms with E-state index < -0.39 is 0 Å². The van der Waals surface area contributed by atoms with E-state index in [0.29, 0.717) is 23.7 Å². The normalized spacial score (nSPS) is 10.2. The average molecular weight is 227 g/mol. The van der Waals surface area contributed by atoms with Gasteiger partial charge >= 0.3 is 0 Å². The fraction of sp³-hybridized carbons (Fsp3) is 0.143. The third-order valence-corrected chi connectivity index (χ3v) is 2.80. The van der Waals surface area contributed by atoms with Crippen molar-refractivity contribution >= 4 is 29.0 Å². The second kappa shape index (κ2) is 4.37. The van der Waals surface area contributed by atoms with Crippen LogP contribution in [0.5, 0.6) is 0 Å². The summed E-state index contributed by atoms with van der Waals surface area (Å²) in [5.41, 5.74) is 1.93. The highest BCUT2D eigenvalue weighted by atomic mass is 16.1. The Hall–Kier alpha value is -2.16. The standard InChI is InChI=1S/C14H13NO2/c1-15(2)14-4-3-10-5-12(8-16)13(9-17)6-11(10)7-14/h3-9H,1-2H3. The minimum atomic E-state index is 0.434. The Kier molecular flexibility index (Phi) is 2.91. The summed E-state index contributed by atoms with van der Waals surface area (Å²) in [6, 6.07) is 9.42. The van der Waals surface area contributed by atoms with E-state index in [1.807, 2.05) is 37.2 Å². The molecule has 0 atom stereocenters. The lowest BCUT2D eigenvalue weighted by molar-refractivity contribution is 0.109. The first kappa shape index (κ1) is 11.3. The Balaban J connectivity index is 2.70. The van der Waals surface area contributed by atoms with Crippen LogP contribution in [-0.4, -0.2) is 26.7 Å². The van der Waals surface area contributed by atoms with Gasteiger partial charge in [0.1, 0.15) is 0 Å². The molecule has 3 nitrogen and oxygen atoms in total. The van der Waals surface area contributed by atoms with Crippen LogP contribution in [0.4, 0.5) is 5.69 Å². The predicted octanol–water partition coefficient (Wildman–Crippen LogP) is 2.53. The van der Waals surface area contributed by atoms with Gasteiger partial charge in [-0.3, -0.25) is 9.59 Å². The molecule has 0 N–H and O–H groups in total. The molecule has 3 heteroatoms. The van der Waals surface area contributed by atoms with Gasteiger partial charge in [-0.15, -0.1) is 0 Å². The second-order valence-corrected chi connectivity index (χ2v) is 4.14. The smallest absolute Gasteiger partial charge is 0.150 e. The van der Waals surface area contributed by atoms with E-state index in [-0.39, 0.29) is 0 Å². The molecule has 0 aliphatic heterocycles. The number of benzene rings is 2. The number of carbonyl (C=O) groups excluding carboxylic acids is 2. The SMILES string of the molecule is CN(C)c1ccc2cc(C=O)c(C=O)cc2c1. The Morgan fingerprint density at radius 2 is 1.47 bits per heavy atom. The van der Waals surface area contributed by atoms with E-state index in [4.69, 9.17) is 0 Å². The lowest BCUT2D eigenvalue weighted by Gasteiger charge is -2.13. The van der Waals surface area contributed by atoms with Gasteiger partial charge in [0, 0.05) is 30.9 Å². The van der Waals surface area contributed by atoms with Crippen LogP contribution in [0.1, 0.15) is 20.7 Å². The number of hydrogen-bond acceptors (Lipinski definition) is 3. The number of rotatable bonds is 3. The molecule has 0 fully saturated rings. The molecule has 0 saturated heterocycles. The van der Waals surface area contributed by atoms with Crippen LogP contribution in [-0.2, 0) is 0 Å². The quantitative estimate of drug-likeness (QED) is 0.756. The molecular weight excluding hydrogens is 214 g/mol. The average Bonchev–Trinajstić information content (AvgIpc) is 2.36. The molecule has 0 aliphatic carbocycles. The predicted molar refractivity (Wildman–Crippen MR) is 69.1 cm³/mol. The molecule has 17 heavy (non-hydrogen) atoms. The minimum Gasteiger partial charge on any atom is -0.378 e. The van der Waals surface area contributed by atoms with E-state index in [2.05, 4.69) is 0 Å². The Bertz CT molecular complexity index is 588. The monoisotopic (exact) mass is 227 g/mol. The van der Waals surface area contributed by atoms with Crippen molar-refractivity contribution in [3.05, 3.63) is 41.5 Å². The zero-order valence-corrected chi connectivity index (χ0v) is 9.81. The summed E-state index contributed by atoms with van der Waals surface area (Å²) in [4.78, 5) is 23.7. The lowest BCUT2D eigenvalue weighted by Crippen LogP contribution is -2.08. The molecule has 0 heterocycles. The lowest BCUT2D eigenvalue weighted by atomic mass is 10.0. The number of aldehydes is 2. The molecule has 0 aromatic heterocycles. The van der Waals surface area contributed by atoms with Gasteiger partial charge < -0.3 is 4.90 Å². The van der Waals surface area contributed by atoms with Gasteiger partial charge in [-0.25, -0.2) is 0 Å². The summed E-state index contributed by atoms with van der Waals surface area (Å²) < 4.78 is 0. The van der Waals surface area contributed by atoms with Crippen LogP contribution in [0, 0.1) is 0 Å². The molecule has 2 aromatic rings. The third kappa shape index (κ3) is 2.04. The Morgan fingerprint density at radius 3 is 2.00 bits per heavy atom.